The fourth-order valence-electron chi connectivity index (χ4n) is 1.18. The first-order valence-electron chi connectivity index (χ1n) is 4.67. The van der Waals surface area contributed by atoms with Crippen LogP contribution < -0.4 is 0 Å². The number of aromatic nitrogens is 2. The number of aryl methyl sites for hydroxylation is 1. The average Bonchev–Trinajstić information content (AvgIpc) is 2.63. The van der Waals surface area contributed by atoms with E-state index >= 15 is 0 Å². The third-order valence-corrected chi connectivity index (χ3v) is 1.89. The molecule has 0 aliphatic heterocycles. The topological polar surface area (TPSA) is 48.2 Å². The van der Waals surface area contributed by atoms with E-state index in [1.807, 2.05) is 0 Å². The maximum absolute atomic E-state index is 5.01. The SMILES string of the molecule is COCCCCCCc1nnco1. The van der Waals surface area contributed by atoms with Gasteiger partial charge in [-0.1, -0.05) is 12.8 Å². The van der Waals surface area contributed by atoms with Gasteiger partial charge in [0.2, 0.25) is 12.3 Å². The quantitative estimate of drug-likeness (QED) is 0.606. The average molecular weight is 184 g/mol. The molecule has 0 amide bonds. The second-order valence-corrected chi connectivity index (χ2v) is 2.99. The number of unbranched alkanes of at least 4 members (excludes halogenated alkanes) is 3. The summed E-state index contributed by atoms with van der Waals surface area (Å²) in [5, 5.41) is 7.42. The first-order valence-corrected chi connectivity index (χ1v) is 4.67. The molecule has 1 aromatic heterocycles. The van der Waals surface area contributed by atoms with Gasteiger partial charge in [0, 0.05) is 20.1 Å². The van der Waals surface area contributed by atoms with Gasteiger partial charge in [-0.3, -0.25) is 0 Å². The summed E-state index contributed by atoms with van der Waals surface area (Å²) >= 11 is 0. The Hall–Kier alpha value is -0.900. The molecule has 0 aliphatic carbocycles. The molecule has 0 unspecified atom stereocenters. The van der Waals surface area contributed by atoms with E-state index in [1.54, 1.807) is 7.11 Å². The molecular formula is C9H16N2O2. The van der Waals surface area contributed by atoms with Crippen LogP contribution in [0.4, 0.5) is 0 Å². The van der Waals surface area contributed by atoms with Gasteiger partial charge < -0.3 is 9.15 Å². The highest BCUT2D eigenvalue weighted by molar-refractivity contribution is 4.71. The Morgan fingerprint density at radius 2 is 2.15 bits per heavy atom. The maximum Gasteiger partial charge on any atom is 0.216 e. The summed E-state index contributed by atoms with van der Waals surface area (Å²) in [5.74, 6) is 0.742. The smallest absolute Gasteiger partial charge is 0.216 e. The lowest BCUT2D eigenvalue weighted by molar-refractivity contribution is 0.192. The molecule has 4 heteroatoms. The van der Waals surface area contributed by atoms with Crippen LogP contribution in [0.3, 0.4) is 0 Å². The largest absolute Gasteiger partial charge is 0.428 e. The Labute approximate surface area is 78.3 Å². The molecule has 1 rings (SSSR count). The van der Waals surface area contributed by atoms with Crippen LogP contribution in [-0.4, -0.2) is 23.9 Å². The molecule has 1 heterocycles. The van der Waals surface area contributed by atoms with Gasteiger partial charge in [0.1, 0.15) is 0 Å². The van der Waals surface area contributed by atoms with Gasteiger partial charge in [-0.2, -0.15) is 0 Å². The second-order valence-electron chi connectivity index (χ2n) is 2.99. The van der Waals surface area contributed by atoms with Crippen LogP contribution in [0.25, 0.3) is 0 Å². The Morgan fingerprint density at radius 1 is 1.31 bits per heavy atom. The van der Waals surface area contributed by atoms with Crippen molar-refractivity contribution < 1.29 is 9.15 Å². The van der Waals surface area contributed by atoms with E-state index in [0.29, 0.717) is 0 Å². The molecule has 0 N–H and O–H groups in total. The highest BCUT2D eigenvalue weighted by atomic mass is 16.5. The van der Waals surface area contributed by atoms with Crippen LogP contribution in [0.5, 0.6) is 0 Å². The van der Waals surface area contributed by atoms with E-state index in [1.165, 1.54) is 19.2 Å². The van der Waals surface area contributed by atoms with E-state index < -0.39 is 0 Å². The molecule has 0 saturated carbocycles. The molecule has 0 aromatic carbocycles. The number of ether oxygens (including phenoxy) is 1. The molecule has 0 saturated heterocycles. The third kappa shape index (κ3) is 4.62. The minimum atomic E-state index is 0.742. The Bertz CT molecular complexity index is 199. The van der Waals surface area contributed by atoms with Gasteiger partial charge in [0.05, 0.1) is 0 Å². The van der Waals surface area contributed by atoms with Gasteiger partial charge in [-0.05, 0) is 12.8 Å². The lowest BCUT2D eigenvalue weighted by atomic mass is 10.1. The van der Waals surface area contributed by atoms with Crippen molar-refractivity contribution in [3.05, 3.63) is 12.3 Å². The zero-order valence-electron chi connectivity index (χ0n) is 8.03. The van der Waals surface area contributed by atoms with Crippen molar-refractivity contribution in [2.24, 2.45) is 0 Å². The minimum Gasteiger partial charge on any atom is -0.428 e. The van der Waals surface area contributed by atoms with Crippen molar-refractivity contribution in [2.45, 2.75) is 32.1 Å². The number of hydrogen-bond acceptors (Lipinski definition) is 4. The zero-order valence-corrected chi connectivity index (χ0v) is 8.03. The molecule has 74 valence electrons. The van der Waals surface area contributed by atoms with E-state index in [-0.39, 0.29) is 0 Å². The summed E-state index contributed by atoms with van der Waals surface area (Å²) in [6.45, 7) is 0.862. The highest BCUT2D eigenvalue weighted by Gasteiger charge is 1.97. The minimum absolute atomic E-state index is 0.742. The summed E-state index contributed by atoms with van der Waals surface area (Å²) < 4.78 is 9.97. The Balaban J connectivity index is 1.90. The molecule has 0 spiro atoms. The van der Waals surface area contributed by atoms with Gasteiger partial charge in [0.15, 0.2) is 0 Å². The molecule has 13 heavy (non-hydrogen) atoms. The number of hydrogen-bond donors (Lipinski definition) is 0. The molecule has 0 fully saturated rings. The summed E-state index contributed by atoms with van der Waals surface area (Å²) in [5.41, 5.74) is 0. The first kappa shape index (κ1) is 10.2. The number of nitrogens with zero attached hydrogens (tertiary/aromatic N) is 2. The van der Waals surface area contributed by atoms with Crippen LogP contribution >= 0.6 is 0 Å². The molecule has 1 aromatic rings. The lowest BCUT2D eigenvalue weighted by Crippen LogP contribution is -1.90. The highest BCUT2D eigenvalue weighted by Crippen LogP contribution is 2.04. The van der Waals surface area contributed by atoms with Crippen LogP contribution in [0.1, 0.15) is 31.6 Å². The predicted octanol–water partition coefficient (Wildman–Crippen LogP) is 1.82. The molecule has 0 aliphatic rings. The van der Waals surface area contributed by atoms with E-state index in [2.05, 4.69) is 10.2 Å². The Morgan fingerprint density at radius 3 is 2.85 bits per heavy atom. The van der Waals surface area contributed by atoms with Crippen LogP contribution in [0.2, 0.25) is 0 Å². The van der Waals surface area contributed by atoms with Crippen molar-refractivity contribution in [1.82, 2.24) is 10.2 Å². The van der Waals surface area contributed by atoms with Crippen molar-refractivity contribution in [3.63, 3.8) is 0 Å². The van der Waals surface area contributed by atoms with Gasteiger partial charge >= 0.3 is 0 Å². The Kier molecular flexibility index (Phi) is 5.17. The summed E-state index contributed by atoms with van der Waals surface area (Å²) in [4.78, 5) is 0. The monoisotopic (exact) mass is 184 g/mol. The summed E-state index contributed by atoms with van der Waals surface area (Å²) in [6.07, 6.45) is 6.94. The van der Waals surface area contributed by atoms with Crippen molar-refractivity contribution in [3.8, 4) is 0 Å². The normalized spacial score (nSPS) is 10.5. The molecular weight excluding hydrogens is 168 g/mol. The lowest BCUT2D eigenvalue weighted by Gasteiger charge is -1.98. The zero-order chi connectivity index (χ0) is 9.36. The fraction of sp³-hybridized carbons (Fsp3) is 0.778. The maximum atomic E-state index is 5.01. The second kappa shape index (κ2) is 6.60. The van der Waals surface area contributed by atoms with Gasteiger partial charge in [0.25, 0.3) is 0 Å². The fourth-order valence-corrected chi connectivity index (χ4v) is 1.18. The standard InChI is InChI=1S/C9H16N2O2/c1-12-7-5-3-2-4-6-9-11-10-8-13-9/h8H,2-7H2,1H3. The van der Waals surface area contributed by atoms with Crippen molar-refractivity contribution >= 4 is 0 Å². The van der Waals surface area contributed by atoms with Gasteiger partial charge in [-0.25, -0.2) is 0 Å². The van der Waals surface area contributed by atoms with Gasteiger partial charge in [-0.15, -0.1) is 10.2 Å². The van der Waals surface area contributed by atoms with Crippen LogP contribution in [0.15, 0.2) is 10.8 Å². The molecule has 4 nitrogen and oxygen atoms in total. The molecule has 0 bridgehead atoms. The number of rotatable bonds is 7. The number of methoxy groups -OCH3 is 1. The first-order chi connectivity index (χ1) is 6.43. The van der Waals surface area contributed by atoms with Crippen molar-refractivity contribution in [2.75, 3.05) is 13.7 Å². The molecule has 0 atom stereocenters. The van der Waals surface area contributed by atoms with E-state index in [9.17, 15) is 0 Å². The molecule has 0 radical (unpaired) electrons. The third-order valence-electron chi connectivity index (χ3n) is 1.89. The van der Waals surface area contributed by atoms with Crippen molar-refractivity contribution in [1.29, 1.82) is 0 Å². The van der Waals surface area contributed by atoms with E-state index in [4.69, 9.17) is 9.15 Å². The van der Waals surface area contributed by atoms with E-state index in [0.717, 1.165) is 31.8 Å². The summed E-state index contributed by atoms with van der Waals surface area (Å²) in [7, 11) is 1.73. The van der Waals surface area contributed by atoms with Crippen LogP contribution in [-0.2, 0) is 11.2 Å². The van der Waals surface area contributed by atoms with Crippen LogP contribution in [0, 0.1) is 0 Å². The summed E-state index contributed by atoms with van der Waals surface area (Å²) in [6, 6.07) is 0. The predicted molar refractivity (Wildman–Crippen MR) is 48.3 cm³/mol.